The monoisotopic (exact) mass is 205 g/mol. The summed E-state index contributed by atoms with van der Waals surface area (Å²) in [5.74, 6) is -0.201. The number of halogens is 1. The molecule has 2 N–H and O–H groups in total. The number of nitrogens with two attached hydrogens (primary N) is 1. The molecule has 0 aliphatic carbocycles. The molecule has 0 bridgehead atoms. The van der Waals surface area contributed by atoms with Crippen LogP contribution in [0.2, 0.25) is 0 Å². The summed E-state index contributed by atoms with van der Waals surface area (Å²) in [4.78, 5) is 4.01. The molecule has 0 fully saturated rings. The SMILES string of the molecule is Cc1cc(-n2cncc2CN)ccc1F. The second-order valence-electron chi connectivity index (χ2n) is 3.39. The molecule has 15 heavy (non-hydrogen) atoms. The Morgan fingerprint density at radius 2 is 2.27 bits per heavy atom. The fraction of sp³-hybridized carbons (Fsp3) is 0.182. The van der Waals surface area contributed by atoms with Gasteiger partial charge in [0.1, 0.15) is 5.82 Å². The number of benzene rings is 1. The summed E-state index contributed by atoms with van der Waals surface area (Å²) in [6, 6.07) is 4.93. The molecule has 3 nitrogen and oxygen atoms in total. The van der Waals surface area contributed by atoms with E-state index in [1.165, 1.54) is 6.07 Å². The lowest BCUT2D eigenvalue weighted by Gasteiger charge is -2.07. The van der Waals surface area contributed by atoms with Gasteiger partial charge < -0.3 is 10.3 Å². The number of imidazole rings is 1. The molecule has 0 atom stereocenters. The lowest BCUT2D eigenvalue weighted by atomic mass is 10.2. The van der Waals surface area contributed by atoms with Crippen LogP contribution in [0.3, 0.4) is 0 Å². The quantitative estimate of drug-likeness (QED) is 0.812. The minimum Gasteiger partial charge on any atom is -0.325 e. The molecule has 0 spiro atoms. The third-order valence-electron chi connectivity index (χ3n) is 2.34. The van der Waals surface area contributed by atoms with Crippen LogP contribution in [0.15, 0.2) is 30.7 Å². The van der Waals surface area contributed by atoms with Gasteiger partial charge in [-0.05, 0) is 30.7 Å². The van der Waals surface area contributed by atoms with Gasteiger partial charge >= 0.3 is 0 Å². The molecule has 0 unspecified atom stereocenters. The summed E-state index contributed by atoms with van der Waals surface area (Å²) in [6.45, 7) is 2.15. The van der Waals surface area contributed by atoms with Gasteiger partial charge in [0, 0.05) is 18.4 Å². The van der Waals surface area contributed by atoms with Gasteiger partial charge in [0.25, 0.3) is 0 Å². The molecule has 1 aromatic heterocycles. The van der Waals surface area contributed by atoms with Crippen LogP contribution in [0.5, 0.6) is 0 Å². The predicted octanol–water partition coefficient (Wildman–Crippen LogP) is 1.78. The fourth-order valence-electron chi connectivity index (χ4n) is 1.48. The van der Waals surface area contributed by atoms with Gasteiger partial charge in [-0.2, -0.15) is 0 Å². The van der Waals surface area contributed by atoms with Gasteiger partial charge in [0.05, 0.1) is 12.0 Å². The minimum atomic E-state index is -0.201. The van der Waals surface area contributed by atoms with E-state index < -0.39 is 0 Å². The fourth-order valence-corrected chi connectivity index (χ4v) is 1.48. The second kappa shape index (κ2) is 3.82. The van der Waals surface area contributed by atoms with E-state index in [0.29, 0.717) is 12.1 Å². The Balaban J connectivity index is 2.50. The van der Waals surface area contributed by atoms with E-state index in [2.05, 4.69) is 4.98 Å². The van der Waals surface area contributed by atoms with Crippen LogP contribution in [-0.4, -0.2) is 9.55 Å². The van der Waals surface area contributed by atoms with Crippen LogP contribution in [-0.2, 0) is 6.54 Å². The average Bonchev–Trinajstić information content (AvgIpc) is 2.70. The van der Waals surface area contributed by atoms with Gasteiger partial charge in [-0.25, -0.2) is 9.37 Å². The Bertz CT molecular complexity index is 476. The van der Waals surface area contributed by atoms with Gasteiger partial charge in [-0.15, -0.1) is 0 Å². The molecule has 0 aliphatic heterocycles. The molecular formula is C11H12FN3. The van der Waals surface area contributed by atoms with Crippen LogP contribution >= 0.6 is 0 Å². The van der Waals surface area contributed by atoms with Crippen LogP contribution in [0, 0.1) is 12.7 Å². The zero-order valence-corrected chi connectivity index (χ0v) is 8.44. The summed E-state index contributed by atoms with van der Waals surface area (Å²) >= 11 is 0. The lowest BCUT2D eigenvalue weighted by Crippen LogP contribution is -2.04. The maximum Gasteiger partial charge on any atom is 0.126 e. The Morgan fingerprint density at radius 3 is 2.93 bits per heavy atom. The first-order valence-corrected chi connectivity index (χ1v) is 4.70. The molecule has 78 valence electrons. The van der Waals surface area contributed by atoms with Gasteiger partial charge in [0.15, 0.2) is 0 Å². The molecule has 0 saturated heterocycles. The van der Waals surface area contributed by atoms with Gasteiger partial charge in [-0.1, -0.05) is 0 Å². The molecule has 0 radical (unpaired) electrons. The Labute approximate surface area is 87.4 Å². The first-order chi connectivity index (χ1) is 7.22. The van der Waals surface area contributed by atoms with Crippen molar-refractivity contribution in [2.24, 2.45) is 5.73 Å². The van der Waals surface area contributed by atoms with E-state index in [9.17, 15) is 4.39 Å². The molecule has 1 aromatic carbocycles. The summed E-state index contributed by atoms with van der Waals surface area (Å²) < 4.78 is 14.9. The third-order valence-corrected chi connectivity index (χ3v) is 2.34. The topological polar surface area (TPSA) is 43.8 Å². The maximum atomic E-state index is 13.1. The van der Waals surface area contributed by atoms with Gasteiger partial charge in [0.2, 0.25) is 0 Å². The van der Waals surface area contributed by atoms with E-state index in [0.717, 1.165) is 11.4 Å². The number of hydrogen-bond donors (Lipinski definition) is 1. The maximum absolute atomic E-state index is 13.1. The van der Waals surface area contributed by atoms with Crippen molar-refractivity contribution >= 4 is 0 Å². The molecule has 0 saturated carbocycles. The van der Waals surface area contributed by atoms with Crippen LogP contribution in [0.25, 0.3) is 5.69 Å². The van der Waals surface area contributed by atoms with Crippen molar-refractivity contribution in [3.05, 3.63) is 47.8 Å². The van der Waals surface area contributed by atoms with Crippen molar-refractivity contribution in [3.8, 4) is 5.69 Å². The Morgan fingerprint density at radius 1 is 1.47 bits per heavy atom. The smallest absolute Gasteiger partial charge is 0.126 e. The number of aryl methyl sites for hydroxylation is 1. The zero-order valence-electron chi connectivity index (χ0n) is 8.44. The molecular weight excluding hydrogens is 193 g/mol. The van der Waals surface area contributed by atoms with Crippen LogP contribution in [0.4, 0.5) is 4.39 Å². The minimum absolute atomic E-state index is 0.201. The number of rotatable bonds is 2. The summed E-state index contributed by atoms with van der Waals surface area (Å²) in [5, 5.41) is 0. The van der Waals surface area contributed by atoms with Crippen molar-refractivity contribution in [2.45, 2.75) is 13.5 Å². The first-order valence-electron chi connectivity index (χ1n) is 4.70. The zero-order chi connectivity index (χ0) is 10.8. The summed E-state index contributed by atoms with van der Waals surface area (Å²) in [5.41, 5.74) is 7.97. The van der Waals surface area contributed by atoms with Crippen molar-refractivity contribution in [2.75, 3.05) is 0 Å². The third kappa shape index (κ3) is 1.76. The van der Waals surface area contributed by atoms with Crippen LogP contribution in [0.1, 0.15) is 11.3 Å². The highest BCUT2D eigenvalue weighted by molar-refractivity contribution is 5.37. The number of hydrogen-bond acceptors (Lipinski definition) is 2. The molecule has 4 heteroatoms. The predicted molar refractivity (Wildman–Crippen MR) is 56.2 cm³/mol. The Kier molecular flexibility index (Phi) is 2.51. The van der Waals surface area contributed by atoms with E-state index in [1.807, 2.05) is 4.57 Å². The van der Waals surface area contributed by atoms with Crippen molar-refractivity contribution in [1.29, 1.82) is 0 Å². The number of nitrogens with zero attached hydrogens (tertiary/aromatic N) is 2. The van der Waals surface area contributed by atoms with E-state index >= 15 is 0 Å². The normalized spacial score (nSPS) is 10.6. The van der Waals surface area contributed by atoms with Crippen molar-refractivity contribution in [1.82, 2.24) is 9.55 Å². The molecule has 0 amide bonds. The summed E-state index contributed by atoms with van der Waals surface area (Å²) in [6.07, 6.45) is 3.38. The van der Waals surface area contributed by atoms with Crippen LogP contribution < -0.4 is 5.73 Å². The second-order valence-corrected chi connectivity index (χ2v) is 3.39. The van der Waals surface area contributed by atoms with E-state index in [4.69, 9.17) is 5.73 Å². The number of aromatic nitrogens is 2. The molecule has 2 rings (SSSR count). The molecule has 0 aliphatic rings. The largest absolute Gasteiger partial charge is 0.325 e. The van der Waals surface area contributed by atoms with Crippen molar-refractivity contribution in [3.63, 3.8) is 0 Å². The highest BCUT2D eigenvalue weighted by atomic mass is 19.1. The lowest BCUT2D eigenvalue weighted by molar-refractivity contribution is 0.618. The Hall–Kier alpha value is -1.68. The first kappa shape index (κ1) is 9.86. The highest BCUT2D eigenvalue weighted by Crippen LogP contribution is 2.15. The van der Waals surface area contributed by atoms with Crippen molar-refractivity contribution < 1.29 is 4.39 Å². The highest BCUT2D eigenvalue weighted by Gasteiger charge is 2.04. The molecule has 2 aromatic rings. The molecule has 1 heterocycles. The summed E-state index contributed by atoms with van der Waals surface area (Å²) in [7, 11) is 0. The average molecular weight is 205 g/mol. The van der Waals surface area contributed by atoms with E-state index in [1.54, 1.807) is 31.6 Å². The standard InChI is InChI=1S/C11H12FN3/c1-8-4-9(2-3-11(8)12)15-7-14-6-10(15)5-13/h2-4,6-7H,5,13H2,1H3. The van der Waals surface area contributed by atoms with E-state index in [-0.39, 0.29) is 5.82 Å². The van der Waals surface area contributed by atoms with Gasteiger partial charge in [-0.3, -0.25) is 0 Å².